The maximum Gasteiger partial charge on any atom is 0.151 e. The number of fused-ring (bicyclic) bond motifs is 1. The molecule has 2 aromatic rings. The molecule has 3 rings (SSSR count). The molecule has 0 aromatic carbocycles. The third-order valence-corrected chi connectivity index (χ3v) is 4.19. The molecule has 3 heterocycles. The van der Waals surface area contributed by atoms with Gasteiger partial charge in [0.2, 0.25) is 0 Å². The second-order valence-corrected chi connectivity index (χ2v) is 5.31. The number of aromatic nitrogens is 3. The Balaban J connectivity index is 2.04. The lowest BCUT2D eigenvalue weighted by Crippen LogP contribution is -2.31. The number of ether oxygens (including phenoxy) is 1. The summed E-state index contributed by atoms with van der Waals surface area (Å²) in [6, 6.07) is 3.54. The van der Waals surface area contributed by atoms with E-state index in [0.29, 0.717) is 21.5 Å². The number of hydrogen-bond donors (Lipinski definition) is 3. The zero-order valence-corrected chi connectivity index (χ0v) is 12.0. The molecule has 0 bridgehead atoms. The molecule has 2 aromatic heterocycles. The van der Waals surface area contributed by atoms with E-state index in [1.807, 2.05) is 0 Å². The summed E-state index contributed by atoms with van der Waals surface area (Å²) >= 11 is 2.12. The van der Waals surface area contributed by atoms with Crippen LogP contribution in [0.15, 0.2) is 18.5 Å². The maximum atomic E-state index is 10.1. The van der Waals surface area contributed by atoms with Gasteiger partial charge in [0.25, 0.3) is 0 Å². The first-order valence-corrected chi connectivity index (χ1v) is 7.31. The summed E-state index contributed by atoms with van der Waals surface area (Å²) in [6.07, 6.45) is -1.53. The van der Waals surface area contributed by atoms with Crippen LogP contribution in [0.5, 0.6) is 0 Å². The lowest BCUT2D eigenvalue weighted by molar-refractivity contribution is 0.0135. The predicted octanol–water partition coefficient (Wildman–Crippen LogP) is -0.0918. The first-order chi connectivity index (χ1) is 9.13. The van der Waals surface area contributed by atoms with Gasteiger partial charge in [-0.3, -0.25) is 0 Å². The van der Waals surface area contributed by atoms with Crippen molar-refractivity contribution in [2.24, 2.45) is 0 Å². The molecule has 8 heteroatoms. The van der Waals surface area contributed by atoms with E-state index in [0.717, 1.165) is 0 Å². The van der Waals surface area contributed by atoms with E-state index in [2.05, 4.69) is 32.7 Å². The minimum atomic E-state index is -0.978. The Kier molecular flexibility index (Phi) is 3.33. The van der Waals surface area contributed by atoms with Crippen LogP contribution in [0.25, 0.3) is 5.52 Å². The topological polar surface area (TPSA) is 106 Å². The normalized spacial score (nSPS) is 31.1. The lowest BCUT2D eigenvalue weighted by atomic mass is 10.1. The summed E-state index contributed by atoms with van der Waals surface area (Å²) < 4.78 is 7.88. The van der Waals surface area contributed by atoms with Crippen LogP contribution in [0.2, 0.25) is 0 Å². The molecule has 0 amide bonds. The van der Waals surface area contributed by atoms with Crippen molar-refractivity contribution in [2.75, 3.05) is 10.2 Å². The van der Waals surface area contributed by atoms with Crippen molar-refractivity contribution in [2.45, 2.75) is 24.4 Å². The molecular formula is C11H13IN4O3. The van der Waals surface area contributed by atoms with Gasteiger partial charge in [-0.05, 0) is 12.1 Å². The average molecular weight is 376 g/mol. The summed E-state index contributed by atoms with van der Waals surface area (Å²) in [5, 5.41) is 24.1. The highest BCUT2D eigenvalue weighted by molar-refractivity contribution is 14.1. The first kappa shape index (κ1) is 13.0. The van der Waals surface area contributed by atoms with Gasteiger partial charge in [0, 0.05) is 4.43 Å². The van der Waals surface area contributed by atoms with Gasteiger partial charge in [-0.2, -0.15) is 5.10 Å². The van der Waals surface area contributed by atoms with E-state index in [4.69, 9.17) is 10.5 Å². The minimum absolute atomic E-state index is 0.361. The molecule has 0 aliphatic carbocycles. The number of hydrogen-bond acceptors (Lipinski definition) is 6. The molecule has 1 aliphatic rings. The second-order valence-electron chi connectivity index (χ2n) is 4.43. The number of nitrogens with zero attached hydrogens (tertiary/aromatic N) is 3. The van der Waals surface area contributed by atoms with Crippen LogP contribution in [0.4, 0.5) is 5.82 Å². The van der Waals surface area contributed by atoms with E-state index in [-0.39, 0.29) is 6.10 Å². The van der Waals surface area contributed by atoms with Gasteiger partial charge in [-0.1, -0.05) is 22.6 Å². The van der Waals surface area contributed by atoms with Gasteiger partial charge >= 0.3 is 0 Å². The lowest BCUT2D eigenvalue weighted by Gasteiger charge is -2.14. The largest absolute Gasteiger partial charge is 0.388 e. The van der Waals surface area contributed by atoms with Crippen LogP contribution in [0, 0.1) is 0 Å². The fourth-order valence-corrected chi connectivity index (χ4v) is 3.04. The van der Waals surface area contributed by atoms with E-state index < -0.39 is 18.3 Å². The van der Waals surface area contributed by atoms with E-state index in [9.17, 15) is 10.2 Å². The van der Waals surface area contributed by atoms with Crippen molar-refractivity contribution < 1.29 is 14.9 Å². The summed E-state index contributed by atoms with van der Waals surface area (Å²) in [6.45, 7) is 0. The van der Waals surface area contributed by atoms with E-state index >= 15 is 0 Å². The first-order valence-electron chi connectivity index (χ1n) is 5.79. The maximum absolute atomic E-state index is 10.1. The third-order valence-electron chi connectivity index (χ3n) is 3.32. The molecule has 19 heavy (non-hydrogen) atoms. The zero-order valence-electron chi connectivity index (χ0n) is 9.85. The van der Waals surface area contributed by atoms with Crippen molar-refractivity contribution >= 4 is 33.9 Å². The molecule has 1 fully saturated rings. The monoisotopic (exact) mass is 376 g/mol. The number of alkyl halides is 1. The molecule has 0 spiro atoms. The van der Waals surface area contributed by atoms with Gasteiger partial charge in [-0.25, -0.2) is 9.50 Å². The average Bonchev–Trinajstić information content (AvgIpc) is 2.94. The Bertz CT molecular complexity index is 605. The third kappa shape index (κ3) is 1.98. The Hall–Kier alpha value is -0.970. The van der Waals surface area contributed by atoms with Crippen molar-refractivity contribution in [3.63, 3.8) is 0 Å². The van der Waals surface area contributed by atoms with Gasteiger partial charge < -0.3 is 20.7 Å². The number of halogens is 1. The Morgan fingerprint density at radius 1 is 1.37 bits per heavy atom. The standard InChI is InChI=1S/C11H13IN4O3/c12-3-7-8(17)9(18)10(19-7)5-1-2-6-11(13)14-4-15-16(5)6/h1-2,4,7-10,17-18H,3H2,(H2,13,14,15)/t7-,8-,9-,10+/m1/s1. The van der Waals surface area contributed by atoms with Crippen LogP contribution in [0.1, 0.15) is 11.8 Å². The molecule has 102 valence electrons. The SMILES string of the molecule is Nc1ncnn2c([C@@H]3O[C@H](CI)[C@@H](O)[C@H]3O)ccc12. The number of rotatable bonds is 2. The van der Waals surface area contributed by atoms with E-state index in [1.54, 1.807) is 16.6 Å². The van der Waals surface area contributed by atoms with Gasteiger partial charge in [0.15, 0.2) is 5.82 Å². The Morgan fingerprint density at radius 2 is 2.16 bits per heavy atom. The molecule has 0 saturated carbocycles. The van der Waals surface area contributed by atoms with E-state index in [1.165, 1.54) is 6.33 Å². The van der Waals surface area contributed by atoms with Crippen LogP contribution in [-0.2, 0) is 4.74 Å². The molecule has 1 saturated heterocycles. The van der Waals surface area contributed by atoms with Crippen molar-refractivity contribution in [3.05, 3.63) is 24.2 Å². The highest BCUT2D eigenvalue weighted by Gasteiger charge is 2.44. The van der Waals surface area contributed by atoms with Crippen molar-refractivity contribution in [1.29, 1.82) is 0 Å². The number of aliphatic hydroxyl groups is 2. The van der Waals surface area contributed by atoms with Crippen LogP contribution < -0.4 is 5.73 Å². The second kappa shape index (κ2) is 4.85. The fourth-order valence-electron chi connectivity index (χ4n) is 2.31. The minimum Gasteiger partial charge on any atom is -0.388 e. The van der Waals surface area contributed by atoms with Gasteiger partial charge in [0.05, 0.1) is 11.8 Å². The Morgan fingerprint density at radius 3 is 2.84 bits per heavy atom. The highest BCUT2D eigenvalue weighted by Crippen LogP contribution is 2.35. The summed E-state index contributed by atoms with van der Waals surface area (Å²) in [4.78, 5) is 3.90. The molecule has 7 nitrogen and oxygen atoms in total. The summed E-state index contributed by atoms with van der Waals surface area (Å²) in [5.74, 6) is 0.361. The predicted molar refractivity (Wildman–Crippen MR) is 75.9 cm³/mol. The van der Waals surface area contributed by atoms with Gasteiger partial charge in [-0.15, -0.1) is 0 Å². The molecule has 4 N–H and O–H groups in total. The Labute approximate surface area is 122 Å². The zero-order chi connectivity index (χ0) is 13.6. The van der Waals surface area contributed by atoms with Crippen molar-refractivity contribution in [3.8, 4) is 0 Å². The number of nitrogen functional groups attached to an aromatic ring is 1. The smallest absolute Gasteiger partial charge is 0.151 e. The highest BCUT2D eigenvalue weighted by atomic mass is 127. The quantitative estimate of drug-likeness (QED) is 0.500. The number of anilines is 1. The van der Waals surface area contributed by atoms with Crippen molar-refractivity contribution in [1.82, 2.24) is 14.6 Å². The van der Waals surface area contributed by atoms with Gasteiger partial charge in [0.1, 0.15) is 30.2 Å². The molecule has 4 atom stereocenters. The number of aliphatic hydroxyl groups excluding tert-OH is 2. The summed E-state index contributed by atoms with van der Waals surface area (Å²) in [5.41, 5.74) is 7.07. The van der Waals surface area contributed by atoms with Crippen LogP contribution >= 0.6 is 22.6 Å². The van der Waals surface area contributed by atoms with Crippen LogP contribution in [-0.4, -0.2) is 47.6 Å². The molecular weight excluding hydrogens is 363 g/mol. The number of nitrogens with two attached hydrogens (primary N) is 1. The molecule has 0 radical (unpaired) electrons. The van der Waals surface area contributed by atoms with Crippen LogP contribution in [0.3, 0.4) is 0 Å². The summed E-state index contributed by atoms with van der Waals surface area (Å²) in [7, 11) is 0. The fraction of sp³-hybridized carbons (Fsp3) is 0.455. The molecule has 0 unspecified atom stereocenters. The molecule has 1 aliphatic heterocycles.